The second-order valence-corrected chi connectivity index (χ2v) is 5.48. The number of benzene rings is 1. The summed E-state index contributed by atoms with van der Waals surface area (Å²) < 4.78 is 11.4. The van der Waals surface area contributed by atoms with Gasteiger partial charge in [0.2, 0.25) is 0 Å². The van der Waals surface area contributed by atoms with Gasteiger partial charge in [-0.05, 0) is 37.1 Å². The van der Waals surface area contributed by atoms with E-state index in [9.17, 15) is 9.90 Å². The summed E-state index contributed by atoms with van der Waals surface area (Å²) in [4.78, 5) is 11.6. The van der Waals surface area contributed by atoms with E-state index in [0.717, 1.165) is 18.6 Å². The molecular formula is C14H14O4. The van der Waals surface area contributed by atoms with Gasteiger partial charge in [-0.1, -0.05) is 0 Å². The van der Waals surface area contributed by atoms with Gasteiger partial charge < -0.3 is 14.6 Å². The van der Waals surface area contributed by atoms with E-state index < -0.39 is 0 Å². The number of ether oxygens (including phenoxy) is 2. The second kappa shape index (κ2) is 3.40. The van der Waals surface area contributed by atoms with E-state index in [1.807, 2.05) is 0 Å². The Morgan fingerprint density at radius 2 is 2.00 bits per heavy atom. The molecule has 3 aliphatic rings. The highest BCUT2D eigenvalue weighted by Crippen LogP contribution is 2.55. The number of carbonyl (C=O) groups is 1. The number of carbonyl (C=O) groups excluding carboxylic acids is 1. The fourth-order valence-electron chi connectivity index (χ4n) is 3.75. The average molecular weight is 246 g/mol. The Bertz CT molecular complexity index is 495. The Balaban J connectivity index is 1.57. The molecule has 94 valence electrons. The SMILES string of the molecule is O=C1OC2C3CC(CC13)C2Oc1ccc(O)cc1. The Labute approximate surface area is 105 Å². The first-order valence-corrected chi connectivity index (χ1v) is 6.38. The van der Waals surface area contributed by atoms with Gasteiger partial charge in [-0.25, -0.2) is 0 Å². The average Bonchev–Trinajstić information content (AvgIpc) is 2.96. The van der Waals surface area contributed by atoms with Crippen molar-refractivity contribution in [3.8, 4) is 11.5 Å². The van der Waals surface area contributed by atoms with Crippen LogP contribution in [0.15, 0.2) is 24.3 Å². The molecule has 4 nitrogen and oxygen atoms in total. The number of aromatic hydroxyl groups is 1. The van der Waals surface area contributed by atoms with Crippen molar-refractivity contribution >= 4 is 5.97 Å². The van der Waals surface area contributed by atoms with Crippen LogP contribution < -0.4 is 4.74 Å². The number of hydrogen-bond donors (Lipinski definition) is 1. The molecular weight excluding hydrogens is 232 g/mol. The summed E-state index contributed by atoms with van der Waals surface area (Å²) in [6.45, 7) is 0. The third-order valence-electron chi connectivity index (χ3n) is 4.52. The number of esters is 1. The Kier molecular flexibility index (Phi) is 1.93. The lowest BCUT2D eigenvalue weighted by molar-refractivity contribution is -0.145. The minimum Gasteiger partial charge on any atom is -0.508 e. The predicted molar refractivity (Wildman–Crippen MR) is 62.1 cm³/mol. The van der Waals surface area contributed by atoms with Gasteiger partial charge in [0.15, 0.2) is 0 Å². The number of fused-ring (bicyclic) bond motifs is 1. The van der Waals surface area contributed by atoms with Crippen molar-refractivity contribution in [3.05, 3.63) is 24.3 Å². The van der Waals surface area contributed by atoms with Gasteiger partial charge in [0, 0.05) is 11.8 Å². The van der Waals surface area contributed by atoms with Crippen LogP contribution in [0.3, 0.4) is 0 Å². The zero-order valence-corrected chi connectivity index (χ0v) is 9.78. The zero-order chi connectivity index (χ0) is 12.3. The highest BCUT2D eigenvalue weighted by Gasteiger charge is 2.62. The summed E-state index contributed by atoms with van der Waals surface area (Å²) in [5.74, 6) is 1.84. The molecule has 0 spiro atoms. The van der Waals surface area contributed by atoms with Gasteiger partial charge in [-0.15, -0.1) is 0 Å². The molecule has 1 N–H and O–H groups in total. The molecule has 0 aromatic heterocycles. The van der Waals surface area contributed by atoms with Crippen LogP contribution in [0.4, 0.5) is 0 Å². The molecule has 5 atom stereocenters. The highest BCUT2D eigenvalue weighted by atomic mass is 16.6. The molecule has 1 aromatic carbocycles. The first-order valence-electron chi connectivity index (χ1n) is 6.38. The second-order valence-electron chi connectivity index (χ2n) is 5.48. The van der Waals surface area contributed by atoms with Crippen LogP contribution in [0.2, 0.25) is 0 Å². The van der Waals surface area contributed by atoms with Gasteiger partial charge in [0.25, 0.3) is 0 Å². The fourth-order valence-corrected chi connectivity index (χ4v) is 3.75. The van der Waals surface area contributed by atoms with E-state index >= 15 is 0 Å². The lowest BCUT2D eigenvalue weighted by atomic mass is 9.88. The molecule has 1 aliphatic heterocycles. The molecule has 4 rings (SSSR count). The molecule has 5 unspecified atom stereocenters. The van der Waals surface area contributed by atoms with Crippen molar-refractivity contribution < 1.29 is 19.4 Å². The molecule has 0 amide bonds. The van der Waals surface area contributed by atoms with Gasteiger partial charge in [-0.2, -0.15) is 0 Å². The summed E-state index contributed by atoms with van der Waals surface area (Å²) in [5.41, 5.74) is 0. The molecule has 2 bridgehead atoms. The van der Waals surface area contributed by atoms with Crippen molar-refractivity contribution in [2.24, 2.45) is 17.8 Å². The lowest BCUT2D eigenvalue weighted by Gasteiger charge is -2.26. The van der Waals surface area contributed by atoms with Crippen LogP contribution in [-0.2, 0) is 9.53 Å². The van der Waals surface area contributed by atoms with Crippen molar-refractivity contribution in [3.63, 3.8) is 0 Å². The normalized spacial score (nSPS) is 40.0. The minimum atomic E-state index is -0.0601. The van der Waals surface area contributed by atoms with Crippen molar-refractivity contribution in [1.82, 2.24) is 0 Å². The Morgan fingerprint density at radius 1 is 1.22 bits per heavy atom. The number of phenols is 1. The lowest BCUT2D eigenvalue weighted by Crippen LogP contribution is -2.36. The number of hydrogen-bond acceptors (Lipinski definition) is 4. The molecule has 0 radical (unpaired) electrons. The number of rotatable bonds is 2. The first kappa shape index (κ1) is 10.2. The molecule has 2 aliphatic carbocycles. The van der Waals surface area contributed by atoms with E-state index in [2.05, 4.69) is 0 Å². The first-order chi connectivity index (χ1) is 8.72. The van der Waals surface area contributed by atoms with E-state index in [-0.39, 0.29) is 29.8 Å². The molecule has 1 aromatic rings. The maximum absolute atomic E-state index is 11.6. The highest BCUT2D eigenvalue weighted by molar-refractivity contribution is 5.76. The van der Waals surface area contributed by atoms with Gasteiger partial charge in [0.05, 0.1) is 5.92 Å². The smallest absolute Gasteiger partial charge is 0.309 e. The summed E-state index contributed by atoms with van der Waals surface area (Å²) >= 11 is 0. The Morgan fingerprint density at radius 3 is 2.78 bits per heavy atom. The molecule has 1 heterocycles. The maximum Gasteiger partial charge on any atom is 0.309 e. The number of phenolic OH excluding ortho intramolecular Hbond substituents is 1. The molecule has 4 heteroatoms. The van der Waals surface area contributed by atoms with Crippen LogP contribution in [0.25, 0.3) is 0 Å². The largest absolute Gasteiger partial charge is 0.508 e. The standard InChI is InChI=1S/C14H14O4/c15-8-1-3-9(4-2-8)17-12-7-5-10-11(6-7)14(16)18-13(10)12/h1-4,7,10-13,15H,5-6H2. The van der Waals surface area contributed by atoms with Crippen LogP contribution >= 0.6 is 0 Å². The van der Waals surface area contributed by atoms with E-state index in [1.165, 1.54) is 0 Å². The fraction of sp³-hybridized carbons (Fsp3) is 0.500. The molecule has 2 saturated carbocycles. The molecule has 18 heavy (non-hydrogen) atoms. The topological polar surface area (TPSA) is 55.8 Å². The summed E-state index contributed by atoms with van der Waals surface area (Å²) in [5, 5.41) is 9.24. The van der Waals surface area contributed by atoms with Gasteiger partial charge in [-0.3, -0.25) is 4.79 Å². The van der Waals surface area contributed by atoms with Crippen LogP contribution in [0.5, 0.6) is 11.5 Å². The summed E-state index contributed by atoms with van der Waals surface area (Å²) in [6, 6.07) is 6.70. The van der Waals surface area contributed by atoms with Crippen LogP contribution in [0.1, 0.15) is 12.8 Å². The maximum atomic E-state index is 11.6. The third kappa shape index (κ3) is 1.29. The van der Waals surface area contributed by atoms with Gasteiger partial charge >= 0.3 is 5.97 Å². The third-order valence-corrected chi connectivity index (χ3v) is 4.52. The van der Waals surface area contributed by atoms with E-state index in [4.69, 9.17) is 9.47 Å². The van der Waals surface area contributed by atoms with E-state index in [0.29, 0.717) is 11.8 Å². The zero-order valence-electron chi connectivity index (χ0n) is 9.78. The molecule has 1 saturated heterocycles. The van der Waals surface area contributed by atoms with Crippen molar-refractivity contribution in [2.45, 2.75) is 25.0 Å². The van der Waals surface area contributed by atoms with Crippen molar-refractivity contribution in [1.29, 1.82) is 0 Å². The predicted octanol–water partition coefficient (Wildman–Crippen LogP) is 1.72. The van der Waals surface area contributed by atoms with Crippen LogP contribution in [-0.4, -0.2) is 23.3 Å². The monoisotopic (exact) mass is 246 g/mol. The minimum absolute atomic E-state index is 0.0118. The Hall–Kier alpha value is -1.71. The van der Waals surface area contributed by atoms with Crippen molar-refractivity contribution in [2.75, 3.05) is 0 Å². The van der Waals surface area contributed by atoms with Crippen LogP contribution in [0, 0.1) is 17.8 Å². The molecule has 3 fully saturated rings. The summed E-state index contributed by atoms with van der Waals surface area (Å²) in [7, 11) is 0. The quantitative estimate of drug-likeness (QED) is 0.807. The van der Waals surface area contributed by atoms with E-state index in [1.54, 1.807) is 24.3 Å². The summed E-state index contributed by atoms with van der Waals surface area (Å²) in [6.07, 6.45) is 1.88. The van der Waals surface area contributed by atoms with Gasteiger partial charge in [0.1, 0.15) is 23.7 Å².